The standard InChI is InChI=1S/C20H16ClN5O4S/c1-3-16(27)24-14-7-5-4-6-12(14)17-18(28)22-20(31-2)23-25(17)19(24)11-8-9-13(21)15(10-11)26(29)30/h4-10,19H,3H2,1-2H3. The first-order valence-electron chi connectivity index (χ1n) is 9.27. The third-order valence-corrected chi connectivity index (χ3v) is 5.79. The van der Waals surface area contributed by atoms with E-state index in [0.29, 0.717) is 16.8 Å². The van der Waals surface area contributed by atoms with E-state index >= 15 is 0 Å². The highest BCUT2D eigenvalue weighted by Crippen LogP contribution is 2.42. The van der Waals surface area contributed by atoms with Crippen LogP contribution in [0.3, 0.4) is 0 Å². The summed E-state index contributed by atoms with van der Waals surface area (Å²) in [5, 5.41) is 29.1. The Morgan fingerprint density at radius 1 is 1.32 bits per heavy atom. The Kier molecular flexibility index (Phi) is 5.50. The molecule has 4 rings (SSSR count). The van der Waals surface area contributed by atoms with Gasteiger partial charge in [-0.15, -0.1) is 0 Å². The van der Waals surface area contributed by atoms with Gasteiger partial charge < -0.3 is 5.11 Å². The number of halogens is 1. The summed E-state index contributed by atoms with van der Waals surface area (Å²) in [4.78, 5) is 29.5. The average Bonchev–Trinajstić information content (AvgIpc) is 2.77. The van der Waals surface area contributed by atoms with E-state index in [1.54, 1.807) is 43.5 Å². The van der Waals surface area contributed by atoms with Crippen LogP contribution in [0.4, 0.5) is 11.4 Å². The summed E-state index contributed by atoms with van der Waals surface area (Å²) in [5.41, 5.74) is 1.32. The molecule has 0 aliphatic carbocycles. The zero-order chi connectivity index (χ0) is 22.3. The van der Waals surface area contributed by atoms with Crippen molar-refractivity contribution in [2.24, 2.45) is 0 Å². The molecule has 1 aromatic heterocycles. The number of rotatable bonds is 4. The molecule has 1 amide bonds. The Hall–Kier alpha value is -3.24. The molecule has 2 heterocycles. The van der Waals surface area contributed by atoms with Crippen LogP contribution in [0.2, 0.25) is 5.02 Å². The van der Waals surface area contributed by atoms with Crippen molar-refractivity contribution in [2.75, 3.05) is 11.2 Å². The summed E-state index contributed by atoms with van der Waals surface area (Å²) >= 11 is 7.19. The number of benzene rings is 2. The van der Waals surface area contributed by atoms with Crippen molar-refractivity contribution < 1.29 is 19.5 Å². The Balaban J connectivity index is 2.08. The fourth-order valence-corrected chi connectivity index (χ4v) is 4.12. The highest BCUT2D eigenvalue weighted by Gasteiger charge is 2.44. The minimum atomic E-state index is -0.921. The van der Waals surface area contributed by atoms with Crippen molar-refractivity contribution in [3.05, 3.63) is 63.2 Å². The largest absolute Gasteiger partial charge is 0.854 e. The molecule has 0 radical (unpaired) electrons. The maximum absolute atomic E-state index is 13.1. The number of nitro benzene ring substituents is 1. The van der Waals surface area contributed by atoms with Crippen LogP contribution in [0.5, 0.6) is 5.88 Å². The van der Waals surface area contributed by atoms with E-state index in [-0.39, 0.29) is 33.9 Å². The molecule has 0 N–H and O–H groups in total. The van der Waals surface area contributed by atoms with Crippen molar-refractivity contribution in [3.63, 3.8) is 0 Å². The molecule has 0 spiro atoms. The molecule has 158 valence electrons. The van der Waals surface area contributed by atoms with E-state index in [4.69, 9.17) is 11.6 Å². The van der Waals surface area contributed by atoms with Gasteiger partial charge in [-0.2, -0.15) is 0 Å². The molecule has 9 nitrogen and oxygen atoms in total. The first kappa shape index (κ1) is 21.0. The number of fused-ring (bicyclic) bond motifs is 3. The maximum Gasteiger partial charge on any atom is 0.293 e. The van der Waals surface area contributed by atoms with Gasteiger partial charge in [0.25, 0.3) is 22.7 Å². The number of anilines is 1. The molecular weight excluding hydrogens is 442 g/mol. The lowest BCUT2D eigenvalue weighted by molar-refractivity contribution is -0.764. The van der Waals surface area contributed by atoms with Gasteiger partial charge in [0.05, 0.1) is 27.6 Å². The van der Waals surface area contributed by atoms with Gasteiger partial charge in [-0.25, -0.2) is 9.88 Å². The number of carbonyl (C=O) groups is 1. The van der Waals surface area contributed by atoms with Crippen LogP contribution in [0.25, 0.3) is 11.3 Å². The van der Waals surface area contributed by atoms with Gasteiger partial charge in [-0.05, 0) is 30.5 Å². The zero-order valence-corrected chi connectivity index (χ0v) is 18.1. The number of para-hydroxylation sites is 1. The molecule has 0 fully saturated rings. The lowest BCUT2D eigenvalue weighted by Gasteiger charge is -2.33. The second-order valence-electron chi connectivity index (χ2n) is 6.67. The number of hydrogen-bond donors (Lipinski definition) is 0. The summed E-state index contributed by atoms with van der Waals surface area (Å²) in [6.45, 7) is 1.72. The lowest BCUT2D eigenvalue weighted by Crippen LogP contribution is -2.59. The third-order valence-electron chi connectivity index (χ3n) is 4.94. The Labute approximate surface area is 186 Å². The summed E-state index contributed by atoms with van der Waals surface area (Å²) in [6.07, 6.45) is 0.992. The van der Waals surface area contributed by atoms with E-state index in [1.807, 2.05) is 0 Å². The van der Waals surface area contributed by atoms with Crippen LogP contribution in [0, 0.1) is 10.1 Å². The zero-order valence-electron chi connectivity index (χ0n) is 16.5. The Morgan fingerprint density at radius 3 is 2.74 bits per heavy atom. The van der Waals surface area contributed by atoms with Crippen LogP contribution < -0.4 is 14.7 Å². The second kappa shape index (κ2) is 8.12. The summed E-state index contributed by atoms with van der Waals surface area (Å²) in [7, 11) is 0. The summed E-state index contributed by atoms with van der Waals surface area (Å²) in [5.74, 6) is -0.728. The average molecular weight is 458 g/mol. The SMILES string of the molecule is CCC(=O)N1c2ccccc2-c2c([O-])nc(SC)n[n+]2C1c1ccc(Cl)c([N+](=O)[O-])c1. The molecule has 31 heavy (non-hydrogen) atoms. The monoisotopic (exact) mass is 457 g/mol. The molecule has 0 saturated heterocycles. The lowest BCUT2D eigenvalue weighted by atomic mass is 10.0. The third kappa shape index (κ3) is 3.47. The maximum atomic E-state index is 13.1. The highest BCUT2D eigenvalue weighted by atomic mass is 35.5. The number of nitrogens with zero attached hydrogens (tertiary/aromatic N) is 5. The quantitative estimate of drug-likeness (QED) is 0.256. The number of amides is 1. The van der Waals surface area contributed by atoms with Crippen LogP contribution in [-0.4, -0.2) is 27.2 Å². The van der Waals surface area contributed by atoms with Crippen LogP contribution in [0.15, 0.2) is 47.6 Å². The van der Waals surface area contributed by atoms with Crippen molar-refractivity contribution in [2.45, 2.75) is 24.7 Å². The fraction of sp³-hybridized carbons (Fsp3) is 0.200. The molecule has 1 aliphatic heterocycles. The molecule has 11 heteroatoms. The van der Waals surface area contributed by atoms with Gasteiger partial charge in [0.1, 0.15) is 5.02 Å². The molecule has 1 unspecified atom stereocenters. The molecule has 1 atom stereocenters. The minimum Gasteiger partial charge on any atom is -0.854 e. The van der Waals surface area contributed by atoms with E-state index in [0.717, 1.165) is 0 Å². The van der Waals surface area contributed by atoms with E-state index in [1.165, 1.54) is 33.5 Å². The van der Waals surface area contributed by atoms with Gasteiger partial charge in [0.15, 0.2) is 0 Å². The smallest absolute Gasteiger partial charge is 0.293 e. The molecule has 2 aromatic carbocycles. The summed E-state index contributed by atoms with van der Waals surface area (Å²) < 4.78 is 1.42. The van der Waals surface area contributed by atoms with Gasteiger partial charge in [-0.3, -0.25) is 14.9 Å². The molecule has 3 aromatic rings. The number of thioether (sulfide) groups is 1. The number of carbonyl (C=O) groups excluding carboxylic acids is 1. The van der Waals surface area contributed by atoms with E-state index < -0.39 is 17.0 Å². The first-order chi connectivity index (χ1) is 14.9. The number of aromatic nitrogens is 3. The van der Waals surface area contributed by atoms with Crippen molar-refractivity contribution in [3.8, 4) is 17.1 Å². The van der Waals surface area contributed by atoms with Gasteiger partial charge in [-0.1, -0.05) is 47.1 Å². The normalized spacial score (nSPS) is 14.7. The number of nitro groups is 1. The van der Waals surface area contributed by atoms with Crippen molar-refractivity contribution >= 4 is 40.6 Å². The predicted octanol–water partition coefficient (Wildman–Crippen LogP) is 3.09. The van der Waals surface area contributed by atoms with E-state index in [9.17, 15) is 20.0 Å². The molecule has 1 aliphatic rings. The first-order valence-corrected chi connectivity index (χ1v) is 10.9. The highest BCUT2D eigenvalue weighted by molar-refractivity contribution is 7.98. The topological polar surface area (TPSA) is 116 Å². The van der Waals surface area contributed by atoms with Gasteiger partial charge in [0, 0.05) is 17.6 Å². The molecule has 0 saturated carbocycles. The molecular formula is C20H16ClN5O4S. The van der Waals surface area contributed by atoms with Crippen molar-refractivity contribution in [1.82, 2.24) is 10.1 Å². The number of hydrogen-bond acceptors (Lipinski definition) is 7. The van der Waals surface area contributed by atoms with Crippen LogP contribution in [-0.2, 0) is 4.79 Å². The summed E-state index contributed by atoms with van der Waals surface area (Å²) in [6, 6.07) is 11.3. The fourth-order valence-electron chi connectivity index (χ4n) is 3.59. The minimum absolute atomic E-state index is 0.0273. The molecule has 0 bridgehead atoms. The van der Waals surface area contributed by atoms with Gasteiger partial charge >= 0.3 is 0 Å². The van der Waals surface area contributed by atoms with Crippen LogP contribution >= 0.6 is 23.4 Å². The van der Waals surface area contributed by atoms with E-state index in [2.05, 4.69) is 10.1 Å². The predicted molar refractivity (Wildman–Crippen MR) is 113 cm³/mol. The van der Waals surface area contributed by atoms with Gasteiger partial charge in [0.2, 0.25) is 5.91 Å². The Morgan fingerprint density at radius 2 is 2.06 bits per heavy atom. The van der Waals surface area contributed by atoms with Crippen molar-refractivity contribution in [1.29, 1.82) is 0 Å². The second-order valence-corrected chi connectivity index (χ2v) is 7.85. The Bertz CT molecular complexity index is 1220. The van der Waals surface area contributed by atoms with Crippen LogP contribution in [0.1, 0.15) is 25.1 Å².